The third kappa shape index (κ3) is 5.57. The van der Waals surface area contributed by atoms with Crippen LogP contribution in [-0.2, 0) is 14.3 Å². The number of carbonyl (C=O) groups excluding carboxylic acids is 3. The number of hydrogen-bond acceptors (Lipinski definition) is 4. The van der Waals surface area contributed by atoms with Crippen molar-refractivity contribution in [1.29, 1.82) is 0 Å². The molecule has 0 bridgehead atoms. The van der Waals surface area contributed by atoms with Gasteiger partial charge < -0.3 is 15.0 Å². The number of hydrogen-bond donors (Lipinski definition) is 1. The molecule has 0 spiro atoms. The smallest absolute Gasteiger partial charge is 0.408 e. The molecule has 0 aliphatic carbocycles. The molecular weight excluding hydrogens is 272 g/mol. The van der Waals surface area contributed by atoms with Gasteiger partial charge in [-0.05, 0) is 39.7 Å². The SMILES string of the molecule is C=C(C)C(=O)[C@H](CN1CCCC1=O)NC(=O)OC(C)(C)C. The van der Waals surface area contributed by atoms with Crippen LogP contribution >= 0.6 is 0 Å². The van der Waals surface area contributed by atoms with E-state index in [9.17, 15) is 14.4 Å². The number of nitrogens with one attached hydrogen (secondary N) is 1. The number of rotatable bonds is 5. The Labute approximate surface area is 125 Å². The Hall–Kier alpha value is -1.85. The summed E-state index contributed by atoms with van der Waals surface area (Å²) >= 11 is 0. The number of Topliss-reactive ketones (excluding diaryl/α,β-unsaturated/α-hetero) is 1. The highest BCUT2D eigenvalue weighted by Crippen LogP contribution is 2.12. The quantitative estimate of drug-likeness (QED) is 0.783. The van der Waals surface area contributed by atoms with E-state index in [1.54, 1.807) is 32.6 Å². The highest BCUT2D eigenvalue weighted by atomic mass is 16.6. The predicted molar refractivity (Wildman–Crippen MR) is 78.8 cm³/mol. The Bertz CT molecular complexity index is 451. The van der Waals surface area contributed by atoms with Gasteiger partial charge in [-0.3, -0.25) is 9.59 Å². The van der Waals surface area contributed by atoms with Crippen molar-refractivity contribution in [2.75, 3.05) is 13.1 Å². The molecule has 1 fully saturated rings. The van der Waals surface area contributed by atoms with Crippen LogP contribution in [-0.4, -0.2) is 47.4 Å². The Morgan fingerprint density at radius 1 is 1.43 bits per heavy atom. The van der Waals surface area contributed by atoms with Crippen LogP contribution in [0.15, 0.2) is 12.2 Å². The Morgan fingerprint density at radius 2 is 2.05 bits per heavy atom. The average molecular weight is 296 g/mol. The number of carbonyl (C=O) groups is 3. The molecule has 0 aromatic rings. The van der Waals surface area contributed by atoms with Gasteiger partial charge in [0, 0.05) is 19.5 Å². The van der Waals surface area contributed by atoms with Crippen molar-refractivity contribution in [3.05, 3.63) is 12.2 Å². The van der Waals surface area contributed by atoms with Gasteiger partial charge in [0.05, 0.1) is 0 Å². The van der Waals surface area contributed by atoms with Crippen LogP contribution in [0.3, 0.4) is 0 Å². The van der Waals surface area contributed by atoms with Crippen molar-refractivity contribution in [3.63, 3.8) is 0 Å². The minimum absolute atomic E-state index is 0.000467. The van der Waals surface area contributed by atoms with E-state index < -0.39 is 17.7 Å². The largest absolute Gasteiger partial charge is 0.444 e. The highest BCUT2D eigenvalue weighted by molar-refractivity contribution is 6.00. The van der Waals surface area contributed by atoms with Gasteiger partial charge in [0.2, 0.25) is 5.91 Å². The van der Waals surface area contributed by atoms with Gasteiger partial charge in [0.1, 0.15) is 11.6 Å². The van der Waals surface area contributed by atoms with Crippen molar-refractivity contribution in [2.24, 2.45) is 0 Å². The summed E-state index contributed by atoms with van der Waals surface area (Å²) < 4.78 is 5.15. The first-order valence-electron chi connectivity index (χ1n) is 7.07. The number of nitrogens with zero attached hydrogens (tertiary/aromatic N) is 1. The summed E-state index contributed by atoms with van der Waals surface area (Å²) in [7, 11) is 0. The fourth-order valence-corrected chi connectivity index (χ4v) is 2.06. The maximum Gasteiger partial charge on any atom is 0.408 e. The van der Waals surface area contributed by atoms with Gasteiger partial charge in [-0.2, -0.15) is 0 Å². The number of alkyl carbamates (subject to hydrolysis) is 1. The molecule has 1 aliphatic rings. The Kier molecular flexibility index (Phi) is 5.52. The maximum absolute atomic E-state index is 12.1. The van der Waals surface area contributed by atoms with Crippen LogP contribution in [0.5, 0.6) is 0 Å². The standard InChI is InChI=1S/C15H24N2O4/c1-10(2)13(19)11(9-17-8-6-7-12(17)18)16-14(20)21-15(3,4)5/h11H,1,6-9H2,2-5H3,(H,16,20)/t11-/m0/s1. The average Bonchev–Trinajstić information content (AvgIpc) is 2.70. The molecule has 0 aromatic carbocycles. The summed E-state index contributed by atoms with van der Waals surface area (Å²) in [5.74, 6) is -0.291. The fraction of sp³-hybridized carbons (Fsp3) is 0.667. The van der Waals surface area contributed by atoms with Crippen molar-refractivity contribution in [2.45, 2.75) is 52.2 Å². The van der Waals surface area contributed by atoms with Crippen molar-refractivity contribution < 1.29 is 19.1 Å². The van der Waals surface area contributed by atoms with E-state index in [0.29, 0.717) is 18.5 Å². The van der Waals surface area contributed by atoms with Gasteiger partial charge in [-0.25, -0.2) is 4.79 Å². The highest BCUT2D eigenvalue weighted by Gasteiger charge is 2.30. The molecule has 1 heterocycles. The molecule has 0 aromatic heterocycles. The number of ketones is 1. The van der Waals surface area contributed by atoms with E-state index >= 15 is 0 Å². The summed E-state index contributed by atoms with van der Waals surface area (Å²) in [4.78, 5) is 37.2. The second-order valence-electron chi connectivity index (χ2n) is 6.29. The van der Waals surface area contributed by atoms with Gasteiger partial charge in [0.15, 0.2) is 5.78 Å². The minimum Gasteiger partial charge on any atom is -0.444 e. The molecular formula is C15H24N2O4. The van der Waals surface area contributed by atoms with E-state index in [2.05, 4.69) is 11.9 Å². The molecule has 2 amide bonds. The molecule has 0 unspecified atom stereocenters. The first-order valence-corrected chi connectivity index (χ1v) is 7.07. The zero-order valence-electron chi connectivity index (χ0n) is 13.2. The van der Waals surface area contributed by atoms with Crippen molar-refractivity contribution in [3.8, 4) is 0 Å². The van der Waals surface area contributed by atoms with E-state index in [1.807, 2.05) is 0 Å². The van der Waals surface area contributed by atoms with E-state index in [4.69, 9.17) is 4.74 Å². The lowest BCUT2D eigenvalue weighted by atomic mass is 10.1. The summed E-state index contributed by atoms with van der Waals surface area (Å²) in [5, 5.41) is 2.54. The zero-order chi connectivity index (χ0) is 16.2. The molecule has 118 valence electrons. The summed E-state index contributed by atoms with van der Waals surface area (Å²) in [6.07, 6.45) is 0.591. The molecule has 1 rings (SSSR count). The van der Waals surface area contributed by atoms with Crippen LogP contribution < -0.4 is 5.32 Å². The first kappa shape index (κ1) is 17.2. The normalized spacial score (nSPS) is 16.6. The van der Waals surface area contributed by atoms with Crippen LogP contribution in [0.1, 0.15) is 40.5 Å². The molecule has 6 nitrogen and oxygen atoms in total. The molecule has 6 heteroatoms. The fourth-order valence-electron chi connectivity index (χ4n) is 2.06. The molecule has 1 saturated heterocycles. The van der Waals surface area contributed by atoms with Crippen LogP contribution in [0.2, 0.25) is 0 Å². The Balaban J connectivity index is 2.73. The van der Waals surface area contributed by atoms with E-state index in [1.165, 1.54) is 0 Å². The van der Waals surface area contributed by atoms with Gasteiger partial charge >= 0.3 is 6.09 Å². The monoisotopic (exact) mass is 296 g/mol. The van der Waals surface area contributed by atoms with Gasteiger partial charge in [0.25, 0.3) is 0 Å². The number of ether oxygens (including phenoxy) is 1. The lowest BCUT2D eigenvalue weighted by molar-refractivity contribution is -0.128. The van der Waals surface area contributed by atoms with Gasteiger partial charge in [-0.1, -0.05) is 6.58 Å². The predicted octanol–water partition coefficient (Wildman–Crippen LogP) is 1.65. The molecule has 21 heavy (non-hydrogen) atoms. The maximum atomic E-state index is 12.1. The summed E-state index contributed by atoms with van der Waals surface area (Å²) in [6, 6.07) is -0.820. The Morgan fingerprint density at radius 3 is 2.48 bits per heavy atom. The number of amides is 2. The van der Waals surface area contributed by atoms with Crippen LogP contribution in [0.25, 0.3) is 0 Å². The lowest BCUT2D eigenvalue weighted by Crippen LogP contribution is -2.50. The molecule has 0 saturated carbocycles. The summed E-state index contributed by atoms with van der Waals surface area (Å²) in [6.45, 7) is 11.2. The van der Waals surface area contributed by atoms with E-state index in [0.717, 1.165) is 6.42 Å². The molecule has 1 N–H and O–H groups in total. The van der Waals surface area contributed by atoms with Crippen LogP contribution in [0.4, 0.5) is 4.79 Å². The molecule has 1 aliphatic heterocycles. The van der Waals surface area contributed by atoms with E-state index in [-0.39, 0.29) is 18.2 Å². The second-order valence-corrected chi connectivity index (χ2v) is 6.29. The molecule has 1 atom stereocenters. The second kappa shape index (κ2) is 6.74. The topological polar surface area (TPSA) is 75.7 Å². The lowest BCUT2D eigenvalue weighted by Gasteiger charge is -2.26. The first-order chi connectivity index (χ1) is 9.60. The third-order valence-electron chi connectivity index (χ3n) is 3.00. The minimum atomic E-state index is -0.820. The number of likely N-dealkylation sites (tertiary alicyclic amines) is 1. The zero-order valence-corrected chi connectivity index (χ0v) is 13.2. The third-order valence-corrected chi connectivity index (χ3v) is 3.00. The van der Waals surface area contributed by atoms with Crippen molar-refractivity contribution >= 4 is 17.8 Å². The van der Waals surface area contributed by atoms with Gasteiger partial charge in [-0.15, -0.1) is 0 Å². The summed E-state index contributed by atoms with van der Waals surface area (Å²) in [5.41, 5.74) is -0.313. The van der Waals surface area contributed by atoms with Crippen LogP contribution in [0, 0.1) is 0 Å². The van der Waals surface area contributed by atoms with Crippen molar-refractivity contribution in [1.82, 2.24) is 10.2 Å². The molecule has 0 radical (unpaired) electrons.